The highest BCUT2D eigenvalue weighted by atomic mass is 19.1. The van der Waals surface area contributed by atoms with Gasteiger partial charge in [-0.25, -0.2) is 13.9 Å². The lowest BCUT2D eigenvalue weighted by molar-refractivity contribution is 0.0224. The van der Waals surface area contributed by atoms with Crippen molar-refractivity contribution < 1.29 is 13.9 Å². The summed E-state index contributed by atoms with van der Waals surface area (Å²) in [6, 6.07) is 9.71. The number of nitrogens with one attached hydrogen (secondary N) is 1. The number of hydrogen-bond acceptors (Lipinski definition) is 3. The Kier molecular flexibility index (Phi) is 5.46. The first-order chi connectivity index (χ1) is 16.5. The zero-order chi connectivity index (χ0) is 25.1. The normalized spacial score (nSPS) is 13.9. The molecule has 35 heavy (non-hydrogen) atoms. The number of halogens is 1. The predicted molar refractivity (Wildman–Crippen MR) is 135 cm³/mol. The van der Waals surface area contributed by atoms with Crippen LogP contribution in [0.3, 0.4) is 0 Å². The second kappa shape index (κ2) is 8.26. The van der Waals surface area contributed by atoms with E-state index in [9.17, 15) is 4.79 Å². The number of fused-ring (bicyclic) bond motifs is 2. The molecule has 0 unspecified atom stereocenters. The van der Waals surface area contributed by atoms with Crippen molar-refractivity contribution in [3.63, 3.8) is 0 Å². The fourth-order valence-electron chi connectivity index (χ4n) is 4.97. The molecular weight excluding hydrogens is 443 g/mol. The maximum atomic E-state index is 15.2. The van der Waals surface area contributed by atoms with E-state index in [4.69, 9.17) is 9.84 Å². The number of nitrogens with zero attached hydrogens (tertiary/aromatic N) is 3. The molecule has 0 fully saturated rings. The Balaban J connectivity index is 1.75. The number of benzene rings is 2. The number of hydrogen-bond donors (Lipinski definition) is 1. The molecule has 0 radical (unpaired) electrons. The van der Waals surface area contributed by atoms with Crippen LogP contribution in [0, 0.1) is 26.6 Å². The predicted octanol–water partition coefficient (Wildman–Crippen LogP) is 6.38. The van der Waals surface area contributed by atoms with Crippen molar-refractivity contribution in [2.45, 2.75) is 60.1 Å². The van der Waals surface area contributed by atoms with Gasteiger partial charge in [0.15, 0.2) is 0 Å². The van der Waals surface area contributed by atoms with Gasteiger partial charge in [-0.15, -0.1) is 0 Å². The average molecular weight is 475 g/mol. The summed E-state index contributed by atoms with van der Waals surface area (Å²) in [5, 5.41) is 5.96. The fraction of sp³-hybridized carbons (Fsp3) is 0.357. The molecule has 0 saturated heterocycles. The minimum absolute atomic E-state index is 0.280. The number of amides is 1. The molecule has 5 rings (SSSR count). The van der Waals surface area contributed by atoms with Crippen molar-refractivity contribution in [3.05, 3.63) is 70.3 Å². The van der Waals surface area contributed by atoms with Crippen LogP contribution in [0.1, 0.15) is 48.7 Å². The van der Waals surface area contributed by atoms with Crippen molar-refractivity contribution in [1.29, 1.82) is 0 Å². The zero-order valence-electron chi connectivity index (χ0n) is 21.1. The Morgan fingerprint density at radius 2 is 1.86 bits per heavy atom. The summed E-state index contributed by atoms with van der Waals surface area (Å²) >= 11 is 0. The minimum atomic E-state index is -0.583. The van der Waals surface area contributed by atoms with Gasteiger partial charge in [0.1, 0.15) is 11.4 Å². The number of aromatic nitrogens is 3. The van der Waals surface area contributed by atoms with E-state index in [2.05, 4.69) is 31.0 Å². The fourth-order valence-corrected chi connectivity index (χ4v) is 4.97. The average Bonchev–Trinajstić information content (AvgIpc) is 3.40. The van der Waals surface area contributed by atoms with E-state index in [1.807, 2.05) is 43.8 Å². The second-order valence-electron chi connectivity index (χ2n) is 10.4. The van der Waals surface area contributed by atoms with Crippen molar-refractivity contribution in [1.82, 2.24) is 19.7 Å². The Labute approximate surface area is 204 Å². The maximum absolute atomic E-state index is 15.2. The van der Waals surface area contributed by atoms with Gasteiger partial charge in [-0.3, -0.25) is 0 Å². The monoisotopic (exact) mass is 474 g/mol. The number of carbonyl (C=O) groups excluding carboxylic acids is 1. The quantitative estimate of drug-likeness (QED) is 0.367. The summed E-state index contributed by atoms with van der Waals surface area (Å²) in [5.41, 5.74) is 7.31. The van der Waals surface area contributed by atoms with Gasteiger partial charge in [-0.2, -0.15) is 5.10 Å². The summed E-state index contributed by atoms with van der Waals surface area (Å²) < 4.78 is 22.8. The molecule has 2 aromatic carbocycles. The lowest BCUT2D eigenvalue weighted by atomic mass is 9.96. The van der Waals surface area contributed by atoms with Crippen LogP contribution in [-0.4, -0.2) is 37.9 Å². The van der Waals surface area contributed by atoms with Gasteiger partial charge in [0.25, 0.3) is 0 Å². The summed E-state index contributed by atoms with van der Waals surface area (Å²) in [5.74, 6) is -0.280. The van der Waals surface area contributed by atoms with Gasteiger partial charge in [-0.05, 0) is 64.8 Å². The van der Waals surface area contributed by atoms with Crippen LogP contribution in [0.4, 0.5) is 9.18 Å². The third kappa shape index (κ3) is 3.99. The number of aromatic amines is 1. The number of ether oxygens (including phenoxy) is 1. The van der Waals surface area contributed by atoms with E-state index in [-0.39, 0.29) is 11.9 Å². The van der Waals surface area contributed by atoms with Crippen LogP contribution in [0.2, 0.25) is 0 Å². The molecule has 1 N–H and O–H groups in total. The first kappa shape index (κ1) is 23.1. The first-order valence-corrected chi connectivity index (χ1v) is 12.0. The van der Waals surface area contributed by atoms with Crippen molar-refractivity contribution in [3.8, 4) is 16.9 Å². The van der Waals surface area contributed by atoms with E-state index in [1.165, 1.54) is 0 Å². The van der Waals surface area contributed by atoms with Crippen molar-refractivity contribution in [2.75, 3.05) is 6.54 Å². The van der Waals surface area contributed by atoms with Crippen LogP contribution >= 0.6 is 0 Å². The van der Waals surface area contributed by atoms with Crippen molar-refractivity contribution in [2.24, 2.45) is 0 Å². The number of carbonyl (C=O) groups is 1. The Hall–Kier alpha value is -3.61. The van der Waals surface area contributed by atoms with Gasteiger partial charge in [-0.1, -0.05) is 18.2 Å². The molecule has 4 aromatic rings. The number of rotatable bonds is 2. The number of para-hydroxylation sites is 1. The van der Waals surface area contributed by atoms with Crippen molar-refractivity contribution >= 4 is 17.0 Å². The molecule has 2 aromatic heterocycles. The zero-order valence-corrected chi connectivity index (χ0v) is 21.1. The van der Waals surface area contributed by atoms with Crippen LogP contribution in [0.5, 0.6) is 0 Å². The summed E-state index contributed by atoms with van der Waals surface area (Å²) in [6.45, 7) is 12.4. The smallest absolute Gasteiger partial charge is 0.410 e. The molecule has 0 atom stereocenters. The van der Waals surface area contributed by atoms with E-state index in [1.54, 1.807) is 17.9 Å². The molecule has 1 aliphatic rings. The van der Waals surface area contributed by atoms with Gasteiger partial charge < -0.3 is 14.6 Å². The third-order valence-corrected chi connectivity index (χ3v) is 6.63. The standard InChI is InChI=1S/C28H31FN4O2/c1-16-8-7-9-17(2)25(16)33-26(20-14-22(29)18(3)24-19(20)10-12-30-24)21-15-32(13-11-23(21)31-33)27(34)35-28(4,5)6/h7-10,12,14,30H,11,13,15H2,1-6H3. The van der Waals surface area contributed by atoms with Gasteiger partial charge in [0, 0.05) is 41.2 Å². The van der Waals surface area contributed by atoms with E-state index in [0.29, 0.717) is 25.1 Å². The molecule has 7 heteroatoms. The molecule has 182 valence electrons. The van der Waals surface area contributed by atoms with Gasteiger partial charge in [0.2, 0.25) is 0 Å². The lowest BCUT2D eigenvalue weighted by Crippen LogP contribution is -2.39. The summed E-state index contributed by atoms with van der Waals surface area (Å²) in [4.78, 5) is 17.8. The van der Waals surface area contributed by atoms with E-state index < -0.39 is 5.60 Å². The SMILES string of the molecule is Cc1cccc(C)c1-n1nc2c(c1-c1cc(F)c(C)c3[nH]ccc13)CN(C(=O)OC(C)(C)C)CC2. The Morgan fingerprint density at radius 3 is 2.54 bits per heavy atom. The highest BCUT2D eigenvalue weighted by Gasteiger charge is 2.32. The van der Waals surface area contributed by atoms with Crippen LogP contribution in [0.15, 0.2) is 36.5 Å². The molecular formula is C28H31FN4O2. The molecule has 0 bridgehead atoms. The Bertz CT molecular complexity index is 1440. The van der Waals surface area contributed by atoms with Crippen LogP contribution in [0.25, 0.3) is 27.8 Å². The van der Waals surface area contributed by atoms with Gasteiger partial charge in [0.05, 0.1) is 29.1 Å². The largest absolute Gasteiger partial charge is 0.444 e. The molecule has 3 heterocycles. The van der Waals surface area contributed by atoms with E-state index >= 15 is 4.39 Å². The highest BCUT2D eigenvalue weighted by molar-refractivity contribution is 5.97. The summed E-state index contributed by atoms with van der Waals surface area (Å²) in [6.07, 6.45) is 2.08. The molecule has 0 spiro atoms. The number of H-pyrrole nitrogens is 1. The molecule has 1 amide bonds. The number of aryl methyl sites for hydroxylation is 3. The minimum Gasteiger partial charge on any atom is -0.444 e. The molecule has 0 aliphatic carbocycles. The van der Waals surface area contributed by atoms with E-state index in [0.717, 1.165) is 50.2 Å². The molecule has 6 nitrogen and oxygen atoms in total. The molecule has 0 saturated carbocycles. The molecule has 1 aliphatic heterocycles. The third-order valence-electron chi connectivity index (χ3n) is 6.63. The van der Waals surface area contributed by atoms with Crippen LogP contribution in [-0.2, 0) is 17.7 Å². The topological polar surface area (TPSA) is 63.2 Å². The summed E-state index contributed by atoms with van der Waals surface area (Å²) in [7, 11) is 0. The first-order valence-electron chi connectivity index (χ1n) is 12.0. The van der Waals surface area contributed by atoms with Crippen LogP contribution < -0.4 is 0 Å². The lowest BCUT2D eigenvalue weighted by Gasteiger charge is -2.30. The maximum Gasteiger partial charge on any atom is 0.410 e. The second-order valence-corrected chi connectivity index (χ2v) is 10.4. The van der Waals surface area contributed by atoms with Gasteiger partial charge >= 0.3 is 6.09 Å². The highest BCUT2D eigenvalue weighted by Crippen LogP contribution is 2.39. The Morgan fingerprint density at radius 1 is 1.14 bits per heavy atom.